The molecule has 5 nitrogen and oxygen atoms in total. The number of anilines is 1. The minimum atomic E-state index is -0.212. The van der Waals surface area contributed by atoms with Crippen molar-refractivity contribution in [2.45, 2.75) is 6.54 Å². The van der Waals surface area contributed by atoms with Crippen LogP contribution in [0, 0.1) is 0 Å². The van der Waals surface area contributed by atoms with Crippen molar-refractivity contribution in [3.63, 3.8) is 0 Å². The number of benzene rings is 3. The topological polar surface area (TPSA) is 56.1 Å². The first-order chi connectivity index (χ1) is 14.2. The highest BCUT2D eigenvalue weighted by Gasteiger charge is 2.18. The van der Waals surface area contributed by atoms with Gasteiger partial charge < -0.3 is 10.1 Å². The summed E-state index contributed by atoms with van der Waals surface area (Å²) in [6.45, 7) is 0.590. The molecular weight excluding hydrogens is 362 g/mol. The van der Waals surface area contributed by atoms with Gasteiger partial charge in [0, 0.05) is 23.5 Å². The van der Waals surface area contributed by atoms with Gasteiger partial charge in [-0.15, -0.1) is 0 Å². The van der Waals surface area contributed by atoms with E-state index in [-0.39, 0.29) is 5.91 Å². The van der Waals surface area contributed by atoms with Crippen LogP contribution in [-0.4, -0.2) is 22.8 Å². The van der Waals surface area contributed by atoms with Crippen LogP contribution in [0.4, 0.5) is 5.69 Å². The maximum atomic E-state index is 13.1. The van der Waals surface area contributed by atoms with E-state index in [1.54, 1.807) is 24.1 Å². The zero-order valence-electron chi connectivity index (χ0n) is 16.1. The molecule has 1 aromatic heterocycles. The summed E-state index contributed by atoms with van der Waals surface area (Å²) in [6.07, 6.45) is 1.80. The van der Waals surface area contributed by atoms with Gasteiger partial charge in [-0.2, -0.15) is 5.10 Å². The Balaban J connectivity index is 1.67. The van der Waals surface area contributed by atoms with Gasteiger partial charge in [-0.25, -0.2) is 0 Å². The molecule has 0 aliphatic carbocycles. The van der Waals surface area contributed by atoms with Crippen LogP contribution >= 0.6 is 0 Å². The third kappa shape index (κ3) is 4.35. The van der Waals surface area contributed by atoms with Crippen LogP contribution < -0.4 is 10.1 Å². The van der Waals surface area contributed by atoms with Gasteiger partial charge in [0.25, 0.3) is 5.91 Å². The van der Waals surface area contributed by atoms with Gasteiger partial charge in [-0.05, 0) is 17.7 Å². The van der Waals surface area contributed by atoms with Gasteiger partial charge in [-0.3, -0.25) is 9.48 Å². The van der Waals surface area contributed by atoms with Crippen LogP contribution in [0.1, 0.15) is 15.9 Å². The lowest BCUT2D eigenvalue weighted by Crippen LogP contribution is -2.12. The molecule has 0 unspecified atom stereocenters. The number of methoxy groups -OCH3 is 1. The molecule has 0 spiro atoms. The monoisotopic (exact) mass is 383 g/mol. The van der Waals surface area contributed by atoms with Crippen molar-refractivity contribution in [1.82, 2.24) is 9.78 Å². The Labute approximate surface area is 169 Å². The Bertz CT molecular complexity index is 1110. The fourth-order valence-corrected chi connectivity index (χ4v) is 3.15. The van der Waals surface area contributed by atoms with Crippen molar-refractivity contribution < 1.29 is 9.53 Å². The van der Waals surface area contributed by atoms with E-state index < -0.39 is 0 Å². The molecule has 0 atom stereocenters. The molecule has 0 bridgehead atoms. The Morgan fingerprint density at radius 1 is 0.966 bits per heavy atom. The van der Waals surface area contributed by atoms with Crippen molar-refractivity contribution in [3.05, 3.63) is 102 Å². The number of carbonyl (C=O) groups is 1. The third-order valence-electron chi connectivity index (χ3n) is 4.57. The van der Waals surface area contributed by atoms with E-state index in [2.05, 4.69) is 5.32 Å². The maximum absolute atomic E-state index is 13.1. The maximum Gasteiger partial charge on any atom is 0.259 e. The van der Waals surface area contributed by atoms with Crippen molar-refractivity contribution in [2.75, 3.05) is 12.4 Å². The predicted octanol–water partition coefficient (Wildman–Crippen LogP) is 4.86. The molecule has 0 saturated heterocycles. The molecule has 0 aliphatic heterocycles. The summed E-state index contributed by atoms with van der Waals surface area (Å²) in [5.41, 5.74) is 3.87. The Kier molecular flexibility index (Phi) is 5.38. The van der Waals surface area contributed by atoms with Crippen LogP contribution in [0.3, 0.4) is 0 Å². The molecule has 4 aromatic rings. The second-order valence-electron chi connectivity index (χ2n) is 6.63. The van der Waals surface area contributed by atoms with Gasteiger partial charge in [0.05, 0.1) is 19.2 Å². The molecule has 1 heterocycles. The zero-order chi connectivity index (χ0) is 20.1. The van der Waals surface area contributed by atoms with Crippen LogP contribution in [0.2, 0.25) is 0 Å². The number of aromatic nitrogens is 2. The summed E-state index contributed by atoms with van der Waals surface area (Å²) >= 11 is 0. The van der Waals surface area contributed by atoms with E-state index in [0.717, 1.165) is 11.1 Å². The number of rotatable bonds is 6. The SMILES string of the molecule is COc1cccc(NC(=O)c2cn(Cc3ccccc3)nc2-c2ccccc2)c1. The van der Waals surface area contributed by atoms with E-state index in [4.69, 9.17) is 9.84 Å². The summed E-state index contributed by atoms with van der Waals surface area (Å²) in [4.78, 5) is 13.1. The molecule has 3 aromatic carbocycles. The number of hydrogen-bond acceptors (Lipinski definition) is 3. The summed E-state index contributed by atoms with van der Waals surface area (Å²) in [7, 11) is 1.60. The predicted molar refractivity (Wildman–Crippen MR) is 114 cm³/mol. The first kappa shape index (κ1) is 18.5. The number of nitrogens with one attached hydrogen (secondary N) is 1. The van der Waals surface area contributed by atoms with E-state index >= 15 is 0 Å². The fraction of sp³-hybridized carbons (Fsp3) is 0.0833. The standard InChI is InChI=1S/C24H21N3O2/c1-29-21-14-8-13-20(15-21)25-24(28)22-17-27(16-18-9-4-2-5-10-18)26-23(22)19-11-6-3-7-12-19/h2-15,17H,16H2,1H3,(H,25,28). The van der Waals surface area contributed by atoms with Crippen LogP contribution in [0.5, 0.6) is 5.75 Å². The lowest BCUT2D eigenvalue weighted by atomic mass is 10.1. The van der Waals surface area contributed by atoms with Crippen molar-refractivity contribution in [1.29, 1.82) is 0 Å². The van der Waals surface area contributed by atoms with Crippen LogP contribution in [0.15, 0.2) is 91.1 Å². The second-order valence-corrected chi connectivity index (χ2v) is 6.63. The van der Waals surface area contributed by atoms with Gasteiger partial charge in [0.2, 0.25) is 0 Å². The molecule has 1 N–H and O–H groups in total. The molecule has 4 rings (SSSR count). The average Bonchev–Trinajstić information content (AvgIpc) is 3.19. The van der Waals surface area contributed by atoms with Crippen LogP contribution in [0.25, 0.3) is 11.3 Å². The van der Waals surface area contributed by atoms with Crippen LogP contribution in [-0.2, 0) is 6.54 Å². The third-order valence-corrected chi connectivity index (χ3v) is 4.57. The lowest BCUT2D eigenvalue weighted by Gasteiger charge is -2.07. The zero-order valence-corrected chi connectivity index (χ0v) is 16.1. The number of hydrogen-bond donors (Lipinski definition) is 1. The van der Waals surface area contributed by atoms with Gasteiger partial charge >= 0.3 is 0 Å². The number of nitrogens with zero attached hydrogens (tertiary/aromatic N) is 2. The highest BCUT2D eigenvalue weighted by molar-refractivity contribution is 6.08. The smallest absolute Gasteiger partial charge is 0.259 e. The highest BCUT2D eigenvalue weighted by atomic mass is 16.5. The second kappa shape index (κ2) is 8.44. The highest BCUT2D eigenvalue weighted by Crippen LogP contribution is 2.24. The van der Waals surface area contributed by atoms with E-state index in [1.807, 2.05) is 78.9 Å². The fourth-order valence-electron chi connectivity index (χ4n) is 3.15. The largest absolute Gasteiger partial charge is 0.497 e. The molecular formula is C24H21N3O2. The van der Waals surface area contributed by atoms with Gasteiger partial charge in [0.1, 0.15) is 11.4 Å². The molecule has 144 valence electrons. The molecule has 29 heavy (non-hydrogen) atoms. The van der Waals surface area contributed by atoms with Crippen molar-refractivity contribution in [3.8, 4) is 17.0 Å². The summed E-state index contributed by atoms with van der Waals surface area (Å²) in [5.74, 6) is 0.474. The molecule has 5 heteroatoms. The Morgan fingerprint density at radius 3 is 2.41 bits per heavy atom. The normalized spacial score (nSPS) is 10.5. The number of carbonyl (C=O) groups excluding carboxylic acids is 1. The lowest BCUT2D eigenvalue weighted by molar-refractivity contribution is 0.102. The summed E-state index contributed by atoms with van der Waals surface area (Å²) in [6, 6.07) is 27.1. The summed E-state index contributed by atoms with van der Waals surface area (Å²) < 4.78 is 7.04. The first-order valence-electron chi connectivity index (χ1n) is 9.35. The van der Waals surface area contributed by atoms with Gasteiger partial charge in [-0.1, -0.05) is 66.7 Å². The average molecular weight is 383 g/mol. The quantitative estimate of drug-likeness (QED) is 0.517. The number of amides is 1. The molecule has 1 amide bonds. The molecule has 0 aliphatic rings. The summed E-state index contributed by atoms with van der Waals surface area (Å²) in [5, 5.41) is 7.65. The first-order valence-corrected chi connectivity index (χ1v) is 9.35. The molecule has 0 saturated carbocycles. The van der Waals surface area contributed by atoms with Crippen molar-refractivity contribution in [2.24, 2.45) is 0 Å². The Hall–Kier alpha value is -3.86. The van der Waals surface area contributed by atoms with E-state index in [9.17, 15) is 4.79 Å². The number of ether oxygens (including phenoxy) is 1. The van der Waals surface area contributed by atoms with E-state index in [1.165, 1.54) is 0 Å². The minimum Gasteiger partial charge on any atom is -0.497 e. The molecule has 0 fully saturated rings. The Morgan fingerprint density at radius 2 is 1.69 bits per heavy atom. The van der Waals surface area contributed by atoms with E-state index in [0.29, 0.717) is 29.2 Å². The van der Waals surface area contributed by atoms with Gasteiger partial charge in [0.15, 0.2) is 0 Å². The molecule has 0 radical (unpaired) electrons. The minimum absolute atomic E-state index is 0.212. The van der Waals surface area contributed by atoms with Crippen molar-refractivity contribution >= 4 is 11.6 Å².